The maximum atomic E-state index is 13.1. The van der Waals surface area contributed by atoms with Gasteiger partial charge in [0, 0.05) is 11.8 Å². The Kier molecular flexibility index (Phi) is 7.01. The van der Waals surface area contributed by atoms with Gasteiger partial charge in [-0.25, -0.2) is 13.2 Å². The van der Waals surface area contributed by atoms with Crippen molar-refractivity contribution in [2.45, 2.75) is 4.90 Å². The lowest BCUT2D eigenvalue weighted by molar-refractivity contribution is -0.131. The number of benzene rings is 3. The van der Waals surface area contributed by atoms with E-state index in [-0.39, 0.29) is 16.4 Å². The summed E-state index contributed by atoms with van der Waals surface area (Å²) in [5, 5.41) is 8.86. The highest BCUT2D eigenvalue weighted by molar-refractivity contribution is 7.92. The van der Waals surface area contributed by atoms with Gasteiger partial charge in [0.05, 0.1) is 14.2 Å². The minimum absolute atomic E-state index is 0.00324. The number of carboxylic acids is 1. The second-order valence-corrected chi connectivity index (χ2v) is 8.12. The number of nitrogens with one attached hydrogen (secondary N) is 1. The van der Waals surface area contributed by atoms with E-state index in [1.54, 1.807) is 24.3 Å². The monoisotopic (exact) mass is 455 g/mol. The van der Waals surface area contributed by atoms with Crippen LogP contribution in [0, 0.1) is 0 Å². The molecule has 8 nitrogen and oxygen atoms in total. The summed E-state index contributed by atoms with van der Waals surface area (Å²) in [7, 11) is -1.42. The summed E-state index contributed by atoms with van der Waals surface area (Å²) in [6.45, 7) is 0. The van der Waals surface area contributed by atoms with E-state index in [1.807, 2.05) is 30.3 Å². The predicted molar refractivity (Wildman–Crippen MR) is 120 cm³/mol. The highest BCUT2D eigenvalue weighted by atomic mass is 32.2. The fourth-order valence-electron chi connectivity index (χ4n) is 2.84. The molecular formula is C23H21NO7S. The van der Waals surface area contributed by atoms with Gasteiger partial charge in [-0.2, -0.15) is 0 Å². The number of ether oxygens (including phenoxy) is 3. The molecule has 0 aliphatic carbocycles. The van der Waals surface area contributed by atoms with Gasteiger partial charge < -0.3 is 19.3 Å². The quantitative estimate of drug-likeness (QED) is 0.460. The first-order valence-electron chi connectivity index (χ1n) is 9.35. The highest BCUT2D eigenvalue weighted by Gasteiger charge is 2.24. The standard InChI is InChI=1S/C23H21NO7S/c1-29-20-14-16(8-13-22(25)26)15-21(23(20)30-2)32(27,28)24-17-9-11-19(12-10-17)31-18-6-4-3-5-7-18/h3-15,24H,1-2H3,(H,25,26). The Morgan fingerprint density at radius 3 is 2.19 bits per heavy atom. The zero-order chi connectivity index (χ0) is 23.1. The summed E-state index contributed by atoms with van der Waals surface area (Å²) in [6.07, 6.45) is 2.16. The lowest BCUT2D eigenvalue weighted by Gasteiger charge is -2.15. The lowest BCUT2D eigenvalue weighted by atomic mass is 10.2. The van der Waals surface area contributed by atoms with Gasteiger partial charge in [0.15, 0.2) is 11.5 Å². The molecule has 0 atom stereocenters. The van der Waals surface area contributed by atoms with Crippen molar-refractivity contribution in [3.8, 4) is 23.0 Å². The van der Waals surface area contributed by atoms with Crippen molar-refractivity contribution in [1.29, 1.82) is 0 Å². The van der Waals surface area contributed by atoms with Crippen molar-refractivity contribution >= 4 is 27.8 Å². The number of rotatable bonds is 9. The summed E-state index contributed by atoms with van der Waals surface area (Å²) in [5.74, 6) is 0.173. The molecule has 9 heteroatoms. The van der Waals surface area contributed by atoms with Crippen LogP contribution < -0.4 is 18.9 Å². The van der Waals surface area contributed by atoms with Crippen molar-refractivity contribution in [3.63, 3.8) is 0 Å². The van der Waals surface area contributed by atoms with E-state index in [9.17, 15) is 13.2 Å². The van der Waals surface area contributed by atoms with E-state index >= 15 is 0 Å². The number of methoxy groups -OCH3 is 2. The lowest BCUT2D eigenvalue weighted by Crippen LogP contribution is -2.14. The Morgan fingerprint density at radius 1 is 0.938 bits per heavy atom. The van der Waals surface area contributed by atoms with Crippen LogP contribution in [0.4, 0.5) is 5.69 Å². The molecule has 3 aromatic carbocycles. The molecule has 32 heavy (non-hydrogen) atoms. The SMILES string of the molecule is COc1cc(C=CC(=O)O)cc(S(=O)(=O)Nc2ccc(Oc3ccccc3)cc2)c1OC. The van der Waals surface area contributed by atoms with Gasteiger partial charge in [0.25, 0.3) is 10.0 Å². The Morgan fingerprint density at radius 2 is 1.59 bits per heavy atom. The topological polar surface area (TPSA) is 111 Å². The zero-order valence-electron chi connectivity index (χ0n) is 17.3. The third kappa shape index (κ3) is 5.58. The first-order chi connectivity index (χ1) is 15.3. The van der Waals surface area contributed by atoms with Crippen molar-refractivity contribution in [2.75, 3.05) is 18.9 Å². The number of hydrogen-bond donors (Lipinski definition) is 2. The average Bonchev–Trinajstić information content (AvgIpc) is 2.78. The zero-order valence-corrected chi connectivity index (χ0v) is 18.1. The number of carbonyl (C=O) groups is 1. The maximum absolute atomic E-state index is 13.1. The maximum Gasteiger partial charge on any atom is 0.328 e. The molecule has 3 aromatic rings. The van der Waals surface area contributed by atoms with Crippen LogP contribution in [0.5, 0.6) is 23.0 Å². The molecule has 3 rings (SSSR count). The Bertz CT molecular complexity index is 1220. The second-order valence-electron chi connectivity index (χ2n) is 6.47. The fourth-order valence-corrected chi connectivity index (χ4v) is 4.11. The second kappa shape index (κ2) is 9.88. The minimum Gasteiger partial charge on any atom is -0.493 e. The van der Waals surface area contributed by atoms with Crippen LogP contribution in [0.25, 0.3) is 6.08 Å². The molecule has 166 valence electrons. The number of aliphatic carboxylic acids is 1. The number of para-hydroxylation sites is 1. The normalized spacial score (nSPS) is 11.2. The van der Waals surface area contributed by atoms with Crippen LogP contribution >= 0.6 is 0 Å². The first kappa shape index (κ1) is 22.7. The molecule has 0 radical (unpaired) electrons. The van der Waals surface area contributed by atoms with Crippen LogP contribution in [0.15, 0.2) is 77.7 Å². The highest BCUT2D eigenvalue weighted by Crippen LogP contribution is 2.37. The molecule has 0 aliphatic rings. The van der Waals surface area contributed by atoms with Gasteiger partial charge >= 0.3 is 5.97 Å². The summed E-state index contributed by atoms with van der Waals surface area (Å²) >= 11 is 0. The smallest absolute Gasteiger partial charge is 0.328 e. The molecule has 0 heterocycles. The molecule has 0 aromatic heterocycles. The van der Waals surface area contributed by atoms with Crippen LogP contribution in [-0.2, 0) is 14.8 Å². The predicted octanol–water partition coefficient (Wildman–Crippen LogP) is 4.39. The molecule has 0 unspecified atom stereocenters. The molecule has 0 amide bonds. The van der Waals surface area contributed by atoms with Crippen LogP contribution in [-0.4, -0.2) is 33.7 Å². The number of carboxylic acid groups (broad SMARTS) is 1. The van der Waals surface area contributed by atoms with Crippen LogP contribution in [0.2, 0.25) is 0 Å². The van der Waals surface area contributed by atoms with Crippen LogP contribution in [0.3, 0.4) is 0 Å². The average molecular weight is 455 g/mol. The van der Waals surface area contributed by atoms with Gasteiger partial charge in [0.2, 0.25) is 0 Å². The molecule has 2 N–H and O–H groups in total. The summed E-state index contributed by atoms with van der Waals surface area (Å²) in [5.41, 5.74) is 0.620. The number of hydrogen-bond acceptors (Lipinski definition) is 6. The Balaban J connectivity index is 1.89. The van der Waals surface area contributed by atoms with Gasteiger partial charge in [0.1, 0.15) is 16.4 Å². The van der Waals surface area contributed by atoms with Gasteiger partial charge in [-0.3, -0.25) is 4.72 Å². The molecular weight excluding hydrogens is 434 g/mol. The summed E-state index contributed by atoms with van der Waals surface area (Å²) in [6, 6.07) is 18.4. The third-order valence-electron chi connectivity index (χ3n) is 4.26. The Hall–Kier alpha value is -3.98. The molecule has 0 spiro atoms. The summed E-state index contributed by atoms with van der Waals surface area (Å²) < 4.78 is 44.9. The Labute approximate surface area is 185 Å². The first-order valence-corrected chi connectivity index (χ1v) is 10.8. The third-order valence-corrected chi connectivity index (χ3v) is 5.65. The minimum atomic E-state index is -4.10. The largest absolute Gasteiger partial charge is 0.493 e. The van der Waals surface area contributed by atoms with E-state index in [0.717, 1.165) is 6.08 Å². The van der Waals surface area contributed by atoms with Crippen molar-refractivity contribution < 1.29 is 32.5 Å². The molecule has 0 saturated carbocycles. The van der Waals surface area contributed by atoms with Crippen LogP contribution in [0.1, 0.15) is 5.56 Å². The molecule has 0 aliphatic heterocycles. The van der Waals surface area contributed by atoms with Gasteiger partial charge in [-0.05, 0) is 60.2 Å². The van der Waals surface area contributed by atoms with Crippen molar-refractivity contribution in [3.05, 3.63) is 78.4 Å². The van der Waals surface area contributed by atoms with E-state index < -0.39 is 16.0 Å². The van der Waals surface area contributed by atoms with Gasteiger partial charge in [-0.15, -0.1) is 0 Å². The molecule has 0 bridgehead atoms. The fraction of sp³-hybridized carbons (Fsp3) is 0.0870. The van der Waals surface area contributed by atoms with E-state index in [1.165, 1.54) is 32.4 Å². The van der Waals surface area contributed by atoms with E-state index in [4.69, 9.17) is 19.3 Å². The molecule has 0 saturated heterocycles. The summed E-state index contributed by atoms with van der Waals surface area (Å²) in [4.78, 5) is 10.6. The van der Waals surface area contributed by atoms with E-state index in [0.29, 0.717) is 22.7 Å². The van der Waals surface area contributed by atoms with Crippen molar-refractivity contribution in [1.82, 2.24) is 0 Å². The number of sulfonamides is 1. The molecule has 0 fully saturated rings. The van der Waals surface area contributed by atoms with Crippen molar-refractivity contribution in [2.24, 2.45) is 0 Å². The van der Waals surface area contributed by atoms with E-state index in [2.05, 4.69) is 4.72 Å². The van der Waals surface area contributed by atoms with Gasteiger partial charge in [-0.1, -0.05) is 18.2 Å². The number of anilines is 1.